The highest BCUT2D eigenvalue weighted by Crippen LogP contribution is 2.30. The van der Waals surface area contributed by atoms with Crippen LogP contribution in [-0.2, 0) is 6.54 Å². The second-order valence-corrected chi connectivity index (χ2v) is 5.83. The van der Waals surface area contributed by atoms with E-state index >= 15 is 0 Å². The molecule has 0 bridgehead atoms. The molecule has 0 unspecified atom stereocenters. The number of aromatic nitrogens is 3. The van der Waals surface area contributed by atoms with E-state index in [9.17, 15) is 0 Å². The number of hydrogen-bond donors (Lipinski definition) is 1. The highest BCUT2D eigenvalue weighted by atomic mass is 35.5. The van der Waals surface area contributed by atoms with Gasteiger partial charge in [0, 0.05) is 18.3 Å². The molecule has 3 aromatic rings. The molecule has 0 saturated heterocycles. The highest BCUT2D eigenvalue weighted by molar-refractivity contribution is 6.33. The summed E-state index contributed by atoms with van der Waals surface area (Å²) in [6.45, 7) is 3.56. The molecule has 0 saturated carbocycles. The number of hydrogen-bond acceptors (Lipinski definition) is 3. The molecule has 2 N–H and O–H groups in total. The van der Waals surface area contributed by atoms with Crippen molar-refractivity contribution in [2.24, 2.45) is 5.73 Å². The Morgan fingerprint density at radius 1 is 1.23 bits per heavy atom. The quantitative estimate of drug-likeness (QED) is 0.729. The van der Waals surface area contributed by atoms with Gasteiger partial charge in [0.1, 0.15) is 11.3 Å². The SMILES string of the molecule is Cc1cnc2c(c1)nc(-c1ccccc1Cl)n2CCCCN. The summed E-state index contributed by atoms with van der Waals surface area (Å²) in [5, 5.41) is 0.703. The molecule has 0 atom stereocenters. The maximum Gasteiger partial charge on any atom is 0.160 e. The third-order valence-corrected chi connectivity index (χ3v) is 4.00. The van der Waals surface area contributed by atoms with E-state index in [0.717, 1.165) is 47.5 Å². The summed E-state index contributed by atoms with van der Waals surface area (Å²) in [6, 6.07) is 9.84. The Hall–Kier alpha value is -1.91. The Morgan fingerprint density at radius 2 is 2.05 bits per heavy atom. The van der Waals surface area contributed by atoms with Crippen LogP contribution < -0.4 is 5.73 Å². The lowest BCUT2D eigenvalue weighted by molar-refractivity contribution is 0.628. The largest absolute Gasteiger partial charge is 0.330 e. The number of benzene rings is 1. The van der Waals surface area contributed by atoms with Crippen molar-refractivity contribution in [1.29, 1.82) is 0 Å². The fourth-order valence-electron chi connectivity index (χ4n) is 2.59. The zero-order chi connectivity index (χ0) is 15.5. The molecule has 0 spiro atoms. The number of halogens is 1. The molecule has 0 aliphatic heterocycles. The van der Waals surface area contributed by atoms with Crippen molar-refractivity contribution >= 4 is 22.8 Å². The number of rotatable bonds is 5. The highest BCUT2D eigenvalue weighted by Gasteiger charge is 2.15. The van der Waals surface area contributed by atoms with E-state index in [1.165, 1.54) is 0 Å². The van der Waals surface area contributed by atoms with E-state index in [4.69, 9.17) is 22.3 Å². The first-order chi connectivity index (χ1) is 10.7. The zero-order valence-corrected chi connectivity index (χ0v) is 13.3. The molecule has 0 fully saturated rings. The topological polar surface area (TPSA) is 56.7 Å². The molecule has 0 radical (unpaired) electrons. The van der Waals surface area contributed by atoms with Crippen molar-refractivity contribution in [1.82, 2.24) is 14.5 Å². The van der Waals surface area contributed by atoms with Gasteiger partial charge in [0.25, 0.3) is 0 Å². The van der Waals surface area contributed by atoms with Crippen LogP contribution in [0.1, 0.15) is 18.4 Å². The maximum atomic E-state index is 6.36. The summed E-state index contributed by atoms with van der Waals surface area (Å²) in [7, 11) is 0. The number of imidazole rings is 1. The predicted octanol–water partition coefficient (Wildman–Crippen LogP) is 3.80. The monoisotopic (exact) mass is 314 g/mol. The molecule has 2 heterocycles. The van der Waals surface area contributed by atoms with E-state index in [-0.39, 0.29) is 0 Å². The Morgan fingerprint density at radius 3 is 2.82 bits per heavy atom. The Kier molecular flexibility index (Phi) is 4.41. The first kappa shape index (κ1) is 15.0. The molecule has 0 amide bonds. The number of aryl methyl sites for hydroxylation is 2. The molecule has 114 valence electrons. The summed E-state index contributed by atoms with van der Waals surface area (Å²) in [5.74, 6) is 0.871. The van der Waals surface area contributed by atoms with Gasteiger partial charge >= 0.3 is 0 Å². The van der Waals surface area contributed by atoms with Crippen molar-refractivity contribution in [3.63, 3.8) is 0 Å². The number of pyridine rings is 1. The van der Waals surface area contributed by atoms with Gasteiger partial charge < -0.3 is 10.3 Å². The van der Waals surface area contributed by atoms with Gasteiger partial charge in [-0.15, -0.1) is 0 Å². The molecular weight excluding hydrogens is 296 g/mol. The summed E-state index contributed by atoms with van der Waals surface area (Å²) >= 11 is 6.36. The second-order valence-electron chi connectivity index (χ2n) is 5.42. The van der Waals surface area contributed by atoms with E-state index < -0.39 is 0 Å². The van der Waals surface area contributed by atoms with Crippen LogP contribution in [-0.4, -0.2) is 21.1 Å². The zero-order valence-electron chi connectivity index (χ0n) is 12.6. The fraction of sp³-hybridized carbons (Fsp3) is 0.294. The number of nitrogens with zero attached hydrogens (tertiary/aromatic N) is 3. The molecular formula is C17H19ClN4. The van der Waals surface area contributed by atoms with Crippen LogP contribution in [0, 0.1) is 6.92 Å². The van der Waals surface area contributed by atoms with Crippen molar-refractivity contribution in [2.75, 3.05) is 6.54 Å². The molecule has 0 aliphatic carbocycles. The van der Waals surface area contributed by atoms with Crippen LogP contribution in [0.3, 0.4) is 0 Å². The van der Waals surface area contributed by atoms with Gasteiger partial charge in [0.2, 0.25) is 0 Å². The summed E-state index contributed by atoms with van der Waals surface area (Å²) < 4.78 is 2.14. The molecule has 2 aromatic heterocycles. The molecule has 4 nitrogen and oxygen atoms in total. The van der Waals surface area contributed by atoms with Gasteiger partial charge in [-0.2, -0.15) is 0 Å². The smallest absolute Gasteiger partial charge is 0.160 e. The lowest BCUT2D eigenvalue weighted by atomic mass is 10.2. The molecule has 1 aromatic carbocycles. The summed E-state index contributed by atoms with van der Waals surface area (Å²) in [6.07, 6.45) is 3.85. The van der Waals surface area contributed by atoms with Crippen LogP contribution in [0.25, 0.3) is 22.6 Å². The van der Waals surface area contributed by atoms with Crippen LogP contribution in [0.2, 0.25) is 5.02 Å². The van der Waals surface area contributed by atoms with Gasteiger partial charge in [-0.3, -0.25) is 0 Å². The van der Waals surface area contributed by atoms with Gasteiger partial charge in [0.15, 0.2) is 5.65 Å². The third-order valence-electron chi connectivity index (χ3n) is 3.67. The summed E-state index contributed by atoms with van der Waals surface area (Å²) in [4.78, 5) is 9.33. The fourth-order valence-corrected chi connectivity index (χ4v) is 2.81. The lowest BCUT2D eigenvalue weighted by Gasteiger charge is -2.09. The van der Waals surface area contributed by atoms with E-state index in [2.05, 4.69) is 15.6 Å². The first-order valence-corrected chi connectivity index (χ1v) is 7.86. The predicted molar refractivity (Wildman–Crippen MR) is 91.0 cm³/mol. The van der Waals surface area contributed by atoms with Crippen molar-refractivity contribution in [2.45, 2.75) is 26.3 Å². The minimum atomic E-state index is 0.695. The normalized spacial score (nSPS) is 11.2. The Labute approximate surface area is 134 Å². The molecule has 0 aliphatic rings. The van der Waals surface area contributed by atoms with Crippen LogP contribution >= 0.6 is 11.6 Å². The average molecular weight is 315 g/mol. The minimum Gasteiger partial charge on any atom is -0.330 e. The van der Waals surface area contributed by atoms with E-state index in [1.807, 2.05) is 37.4 Å². The lowest BCUT2D eigenvalue weighted by Crippen LogP contribution is -2.05. The van der Waals surface area contributed by atoms with E-state index in [1.54, 1.807) is 0 Å². The maximum absolute atomic E-state index is 6.36. The molecule has 22 heavy (non-hydrogen) atoms. The summed E-state index contributed by atoms with van der Waals surface area (Å²) in [5.41, 5.74) is 9.46. The van der Waals surface area contributed by atoms with Gasteiger partial charge in [-0.1, -0.05) is 23.7 Å². The van der Waals surface area contributed by atoms with Crippen LogP contribution in [0.5, 0.6) is 0 Å². The standard InChI is InChI=1S/C17H19ClN4/c1-12-10-15-17(20-11-12)22(9-5-4-8-19)16(21-15)13-6-2-3-7-14(13)18/h2-3,6-7,10-11H,4-5,8-9,19H2,1H3. The Bertz CT molecular complexity index is 794. The number of fused-ring (bicyclic) bond motifs is 1. The average Bonchev–Trinajstić information content (AvgIpc) is 2.85. The van der Waals surface area contributed by atoms with E-state index in [0.29, 0.717) is 11.6 Å². The van der Waals surface area contributed by atoms with Crippen molar-refractivity contribution in [3.05, 3.63) is 47.1 Å². The van der Waals surface area contributed by atoms with Crippen LogP contribution in [0.15, 0.2) is 36.5 Å². The van der Waals surface area contributed by atoms with Crippen molar-refractivity contribution in [3.8, 4) is 11.4 Å². The third kappa shape index (κ3) is 2.85. The second kappa shape index (κ2) is 6.46. The van der Waals surface area contributed by atoms with Gasteiger partial charge in [0.05, 0.1) is 5.02 Å². The molecule has 5 heteroatoms. The van der Waals surface area contributed by atoms with Crippen LogP contribution in [0.4, 0.5) is 0 Å². The van der Waals surface area contributed by atoms with Gasteiger partial charge in [-0.25, -0.2) is 9.97 Å². The minimum absolute atomic E-state index is 0.695. The number of nitrogens with two attached hydrogens (primary N) is 1. The number of unbranched alkanes of at least 4 members (excludes halogenated alkanes) is 1. The first-order valence-electron chi connectivity index (χ1n) is 7.48. The van der Waals surface area contributed by atoms with Crippen molar-refractivity contribution < 1.29 is 0 Å². The van der Waals surface area contributed by atoms with Gasteiger partial charge in [-0.05, 0) is 50.1 Å². The Balaban J connectivity index is 2.15. The molecule has 3 rings (SSSR count).